The molecule has 0 radical (unpaired) electrons. The molecule has 38 heavy (non-hydrogen) atoms. The van der Waals surface area contributed by atoms with E-state index in [-0.39, 0.29) is 11.9 Å². The molecule has 2 aliphatic rings. The van der Waals surface area contributed by atoms with Gasteiger partial charge in [0, 0.05) is 17.4 Å². The predicted octanol–water partition coefficient (Wildman–Crippen LogP) is 7.27. The van der Waals surface area contributed by atoms with E-state index in [4.69, 9.17) is 14.2 Å². The molecule has 1 heterocycles. The van der Waals surface area contributed by atoms with Crippen molar-refractivity contribution in [1.82, 2.24) is 4.57 Å². The van der Waals surface area contributed by atoms with E-state index in [1.807, 2.05) is 45.0 Å². The molecule has 0 atom stereocenters. The van der Waals surface area contributed by atoms with Crippen molar-refractivity contribution in [1.29, 1.82) is 0 Å². The van der Waals surface area contributed by atoms with Gasteiger partial charge in [0.2, 0.25) is 0 Å². The van der Waals surface area contributed by atoms with Crippen molar-refractivity contribution in [2.45, 2.75) is 83.8 Å². The van der Waals surface area contributed by atoms with Crippen molar-refractivity contribution in [2.24, 2.45) is 5.41 Å². The van der Waals surface area contributed by atoms with E-state index in [2.05, 4.69) is 22.8 Å². The number of ether oxygens (including phenoxy) is 3. The Kier molecular flexibility index (Phi) is 7.01. The van der Waals surface area contributed by atoms with Crippen LogP contribution < -0.4 is 4.74 Å². The van der Waals surface area contributed by atoms with Gasteiger partial charge in [0.25, 0.3) is 0 Å². The van der Waals surface area contributed by atoms with Crippen LogP contribution in [-0.2, 0) is 20.8 Å². The van der Waals surface area contributed by atoms with Gasteiger partial charge in [-0.25, -0.2) is 4.79 Å². The quantitative estimate of drug-likeness (QED) is 0.308. The predicted molar refractivity (Wildman–Crippen MR) is 149 cm³/mol. The maximum atomic E-state index is 13.1. The van der Waals surface area contributed by atoms with Gasteiger partial charge in [0.1, 0.15) is 11.4 Å². The Morgan fingerprint density at radius 2 is 1.66 bits per heavy atom. The van der Waals surface area contributed by atoms with Crippen LogP contribution in [0, 0.1) is 5.41 Å². The number of benzene rings is 2. The van der Waals surface area contributed by atoms with Gasteiger partial charge in [0.15, 0.2) is 0 Å². The monoisotopic (exact) mass is 517 g/mol. The van der Waals surface area contributed by atoms with Gasteiger partial charge in [-0.15, -0.1) is 0 Å². The number of hydrogen-bond donors (Lipinski definition) is 0. The normalized spacial score (nSPS) is 17.3. The van der Waals surface area contributed by atoms with Crippen molar-refractivity contribution in [3.8, 4) is 17.0 Å². The SMILES string of the molecule is COC(=O)C1(Cn2c(-c3ccc(OC)cc3)c(C3CCCCC3)c3ccc(C(=O)OC(C)(C)C)cc32)CC1. The van der Waals surface area contributed by atoms with Crippen molar-refractivity contribution >= 4 is 22.8 Å². The summed E-state index contributed by atoms with van der Waals surface area (Å²) in [5.74, 6) is 0.718. The van der Waals surface area contributed by atoms with Gasteiger partial charge in [-0.05, 0) is 99.9 Å². The molecule has 2 aromatic carbocycles. The molecular weight excluding hydrogens is 478 g/mol. The number of aromatic nitrogens is 1. The Labute approximate surface area is 225 Å². The lowest BCUT2D eigenvalue weighted by atomic mass is 9.81. The fourth-order valence-corrected chi connectivity index (χ4v) is 5.97. The summed E-state index contributed by atoms with van der Waals surface area (Å²) in [6.07, 6.45) is 7.55. The van der Waals surface area contributed by atoms with Crippen LogP contribution in [0.15, 0.2) is 42.5 Å². The zero-order chi connectivity index (χ0) is 27.1. The van der Waals surface area contributed by atoms with E-state index in [9.17, 15) is 9.59 Å². The van der Waals surface area contributed by atoms with Crippen LogP contribution in [-0.4, -0.2) is 36.3 Å². The van der Waals surface area contributed by atoms with Gasteiger partial charge >= 0.3 is 11.9 Å². The molecule has 0 aliphatic heterocycles. The van der Waals surface area contributed by atoms with Crippen LogP contribution in [0.1, 0.15) is 87.6 Å². The summed E-state index contributed by atoms with van der Waals surface area (Å²) >= 11 is 0. The number of rotatable bonds is 7. The number of methoxy groups -OCH3 is 2. The minimum atomic E-state index is -0.585. The Morgan fingerprint density at radius 3 is 2.24 bits per heavy atom. The Balaban J connectivity index is 1.74. The van der Waals surface area contributed by atoms with Crippen molar-refractivity contribution in [3.05, 3.63) is 53.6 Å². The number of carbonyl (C=O) groups is 2. The second-order valence-corrected chi connectivity index (χ2v) is 11.9. The molecule has 0 bridgehead atoms. The lowest BCUT2D eigenvalue weighted by Gasteiger charge is -2.24. The molecule has 0 saturated heterocycles. The highest BCUT2D eigenvalue weighted by Crippen LogP contribution is 2.51. The minimum Gasteiger partial charge on any atom is -0.497 e. The fraction of sp³-hybridized carbons (Fsp3) is 0.500. The van der Waals surface area contributed by atoms with Crippen LogP contribution in [0.25, 0.3) is 22.2 Å². The fourth-order valence-electron chi connectivity index (χ4n) is 5.97. The van der Waals surface area contributed by atoms with E-state index in [0.717, 1.165) is 53.6 Å². The summed E-state index contributed by atoms with van der Waals surface area (Å²) in [5, 5.41) is 1.15. The molecule has 2 fully saturated rings. The van der Waals surface area contributed by atoms with Crippen molar-refractivity contribution in [2.75, 3.05) is 14.2 Å². The second kappa shape index (κ2) is 10.1. The summed E-state index contributed by atoms with van der Waals surface area (Å²) in [4.78, 5) is 26.0. The number of hydrogen-bond acceptors (Lipinski definition) is 5. The smallest absolute Gasteiger partial charge is 0.338 e. The van der Waals surface area contributed by atoms with Crippen LogP contribution in [0.2, 0.25) is 0 Å². The number of esters is 2. The first-order valence-corrected chi connectivity index (χ1v) is 13.8. The maximum Gasteiger partial charge on any atom is 0.338 e. The van der Waals surface area contributed by atoms with Crippen LogP contribution >= 0.6 is 0 Å². The summed E-state index contributed by atoms with van der Waals surface area (Å²) in [5.41, 5.74) is 3.90. The molecule has 1 aromatic heterocycles. The third-order valence-electron chi connectivity index (χ3n) is 8.05. The first-order chi connectivity index (χ1) is 18.2. The topological polar surface area (TPSA) is 66.8 Å². The second-order valence-electron chi connectivity index (χ2n) is 11.9. The number of fused-ring (bicyclic) bond motifs is 1. The molecule has 202 valence electrons. The molecule has 6 nitrogen and oxygen atoms in total. The Morgan fingerprint density at radius 1 is 0.974 bits per heavy atom. The van der Waals surface area contributed by atoms with Gasteiger partial charge < -0.3 is 18.8 Å². The van der Waals surface area contributed by atoms with E-state index >= 15 is 0 Å². The molecule has 0 unspecified atom stereocenters. The van der Waals surface area contributed by atoms with Crippen LogP contribution in [0.3, 0.4) is 0 Å². The maximum absolute atomic E-state index is 13.1. The van der Waals surface area contributed by atoms with Crippen LogP contribution in [0.5, 0.6) is 5.75 Å². The van der Waals surface area contributed by atoms with E-state index in [1.165, 1.54) is 31.9 Å². The molecule has 6 heteroatoms. The largest absolute Gasteiger partial charge is 0.497 e. The van der Waals surface area contributed by atoms with Gasteiger partial charge in [-0.3, -0.25) is 4.79 Å². The molecule has 0 N–H and O–H groups in total. The summed E-state index contributed by atoms with van der Waals surface area (Å²) in [6.45, 7) is 6.15. The first kappa shape index (κ1) is 26.3. The van der Waals surface area contributed by atoms with Gasteiger partial charge in [-0.1, -0.05) is 25.3 Å². The average molecular weight is 518 g/mol. The number of carbonyl (C=O) groups excluding carboxylic acids is 2. The molecule has 0 spiro atoms. The molecular formula is C32H39NO5. The standard InChI is InChI=1S/C32H39NO5/c1-31(2,3)38-29(34)23-13-16-25-26(19-23)33(20-32(17-18-32)30(35)37-5)28(22-11-14-24(36-4)15-12-22)27(25)21-9-7-6-8-10-21/h11-16,19,21H,6-10,17-18,20H2,1-5H3. The minimum absolute atomic E-state index is 0.164. The highest BCUT2D eigenvalue weighted by molar-refractivity contribution is 5.99. The average Bonchev–Trinajstić information content (AvgIpc) is 3.63. The zero-order valence-electron chi connectivity index (χ0n) is 23.3. The lowest BCUT2D eigenvalue weighted by molar-refractivity contribution is -0.147. The highest BCUT2D eigenvalue weighted by atomic mass is 16.6. The first-order valence-electron chi connectivity index (χ1n) is 13.8. The third kappa shape index (κ3) is 5.05. The van der Waals surface area contributed by atoms with E-state index < -0.39 is 11.0 Å². The van der Waals surface area contributed by atoms with E-state index in [1.54, 1.807) is 7.11 Å². The summed E-state index contributed by atoms with van der Waals surface area (Å²) < 4.78 is 18.7. The van der Waals surface area contributed by atoms with Crippen molar-refractivity contribution in [3.63, 3.8) is 0 Å². The summed E-state index contributed by atoms with van der Waals surface area (Å²) in [7, 11) is 3.14. The third-order valence-corrected chi connectivity index (χ3v) is 8.05. The highest BCUT2D eigenvalue weighted by Gasteiger charge is 2.52. The van der Waals surface area contributed by atoms with E-state index in [0.29, 0.717) is 18.0 Å². The molecule has 3 aromatic rings. The number of nitrogens with zero attached hydrogens (tertiary/aromatic N) is 1. The molecule has 2 saturated carbocycles. The van der Waals surface area contributed by atoms with Crippen molar-refractivity contribution < 1.29 is 23.8 Å². The lowest BCUT2D eigenvalue weighted by Crippen LogP contribution is -2.24. The summed E-state index contributed by atoms with van der Waals surface area (Å²) in [6, 6.07) is 14.1. The zero-order valence-corrected chi connectivity index (χ0v) is 23.3. The Hall–Kier alpha value is -3.28. The molecule has 2 aliphatic carbocycles. The Bertz CT molecular complexity index is 1330. The van der Waals surface area contributed by atoms with Crippen LogP contribution in [0.4, 0.5) is 0 Å². The molecule has 5 rings (SSSR count). The van der Waals surface area contributed by atoms with Gasteiger partial charge in [0.05, 0.1) is 30.9 Å². The van der Waals surface area contributed by atoms with Gasteiger partial charge in [-0.2, -0.15) is 0 Å². The molecule has 0 amide bonds.